The largest absolute Gasteiger partial charge is 0.472 e. The fourth-order valence-corrected chi connectivity index (χ4v) is 12.9. The predicted molar refractivity (Wildman–Crippen MR) is 377 cm³/mol. The molecule has 0 saturated carbocycles. The first-order valence-electron chi connectivity index (χ1n) is 38.6. The second-order valence-corrected chi connectivity index (χ2v) is 30.1. The minimum absolute atomic E-state index is 0.107. The molecule has 5 atom stereocenters. The maximum Gasteiger partial charge on any atom is 0.472 e. The molecule has 0 radical (unpaired) electrons. The number of phosphoric acid groups is 2. The third-order valence-electron chi connectivity index (χ3n) is 17.3. The van der Waals surface area contributed by atoms with E-state index in [1.165, 1.54) is 199 Å². The molecule has 2 unspecified atom stereocenters. The van der Waals surface area contributed by atoms with Gasteiger partial charge in [0.1, 0.15) is 19.3 Å². The van der Waals surface area contributed by atoms with Crippen molar-refractivity contribution in [1.82, 2.24) is 0 Å². The van der Waals surface area contributed by atoms with E-state index in [1.807, 2.05) is 0 Å². The first-order chi connectivity index (χ1) is 45.0. The van der Waals surface area contributed by atoms with Crippen molar-refractivity contribution in [2.24, 2.45) is 5.92 Å². The van der Waals surface area contributed by atoms with Crippen LogP contribution in [0.3, 0.4) is 0 Å². The third kappa shape index (κ3) is 68.4. The number of aliphatic hydroxyl groups excluding tert-OH is 1. The highest BCUT2D eigenvalue weighted by atomic mass is 31.2. The fourth-order valence-electron chi connectivity index (χ4n) is 11.4. The summed E-state index contributed by atoms with van der Waals surface area (Å²) < 4.78 is 68.3. The molecule has 0 aliphatic heterocycles. The SMILES string of the molecule is CCCCCCCCCCCCCCCCCCCCCCCCC(=O)O[C@H](COC(=O)CCCCCCCCCCCCC(C)C)COP(=O)(O)OC[C@@H](O)COP(=O)(O)OC[C@@H](COC(=O)CCCCCCCCC)OC(=O)CCCCCCCCCCCCC. The van der Waals surface area contributed by atoms with Gasteiger partial charge in [0.25, 0.3) is 0 Å². The molecule has 0 rings (SSSR count). The number of esters is 4. The molecule has 0 aliphatic carbocycles. The fraction of sp³-hybridized carbons (Fsp3) is 0.946. The maximum atomic E-state index is 13.1. The van der Waals surface area contributed by atoms with Crippen LogP contribution in [-0.2, 0) is 65.4 Å². The van der Waals surface area contributed by atoms with Gasteiger partial charge in [0.2, 0.25) is 0 Å². The lowest BCUT2D eigenvalue weighted by Gasteiger charge is -2.21. The van der Waals surface area contributed by atoms with Crippen molar-refractivity contribution in [1.29, 1.82) is 0 Å². The van der Waals surface area contributed by atoms with Gasteiger partial charge in [-0.2, -0.15) is 0 Å². The zero-order chi connectivity index (χ0) is 68.4. The Morgan fingerprint density at radius 2 is 0.495 bits per heavy atom. The van der Waals surface area contributed by atoms with E-state index >= 15 is 0 Å². The van der Waals surface area contributed by atoms with E-state index in [2.05, 4.69) is 34.6 Å². The van der Waals surface area contributed by atoms with Gasteiger partial charge >= 0.3 is 39.5 Å². The summed E-state index contributed by atoms with van der Waals surface area (Å²) in [7, 11) is -9.90. The summed E-state index contributed by atoms with van der Waals surface area (Å²) in [5.74, 6) is -1.36. The second kappa shape index (κ2) is 67.3. The summed E-state index contributed by atoms with van der Waals surface area (Å²) in [5.41, 5.74) is 0. The number of carbonyl (C=O) groups excluding carboxylic acids is 4. The monoisotopic (exact) mass is 1370 g/mol. The number of unbranched alkanes of at least 4 members (excludes halogenated alkanes) is 46. The van der Waals surface area contributed by atoms with Gasteiger partial charge in [0.15, 0.2) is 12.2 Å². The van der Waals surface area contributed by atoms with Crippen LogP contribution in [0.25, 0.3) is 0 Å². The molecular weight excluding hydrogens is 1220 g/mol. The molecule has 0 aromatic rings. The van der Waals surface area contributed by atoms with Crippen LogP contribution in [0.15, 0.2) is 0 Å². The highest BCUT2D eigenvalue weighted by Crippen LogP contribution is 2.45. The van der Waals surface area contributed by atoms with Crippen LogP contribution in [0.4, 0.5) is 0 Å². The zero-order valence-electron chi connectivity index (χ0n) is 60.4. The molecular formula is C74H144O17P2. The van der Waals surface area contributed by atoms with Gasteiger partial charge in [0, 0.05) is 25.7 Å². The Morgan fingerprint density at radius 1 is 0.290 bits per heavy atom. The number of rotatable bonds is 74. The van der Waals surface area contributed by atoms with Gasteiger partial charge in [-0.25, -0.2) is 9.13 Å². The molecule has 0 heterocycles. The van der Waals surface area contributed by atoms with E-state index < -0.39 is 97.5 Å². The molecule has 0 aliphatic rings. The average Bonchev–Trinajstić information content (AvgIpc) is 1.83. The summed E-state index contributed by atoms with van der Waals surface area (Å²) in [4.78, 5) is 72.5. The third-order valence-corrected chi connectivity index (χ3v) is 19.2. The molecule has 552 valence electrons. The van der Waals surface area contributed by atoms with Crippen molar-refractivity contribution in [3.8, 4) is 0 Å². The van der Waals surface area contributed by atoms with Crippen molar-refractivity contribution in [2.45, 2.75) is 406 Å². The summed E-state index contributed by atoms with van der Waals surface area (Å²) in [6, 6.07) is 0. The molecule has 17 nitrogen and oxygen atoms in total. The maximum absolute atomic E-state index is 13.1. The van der Waals surface area contributed by atoms with Crippen molar-refractivity contribution < 1.29 is 80.2 Å². The van der Waals surface area contributed by atoms with Crippen LogP contribution in [0.2, 0.25) is 0 Å². The van der Waals surface area contributed by atoms with Gasteiger partial charge in [-0.05, 0) is 31.6 Å². The van der Waals surface area contributed by atoms with Crippen molar-refractivity contribution in [3.63, 3.8) is 0 Å². The van der Waals surface area contributed by atoms with Gasteiger partial charge in [-0.1, -0.05) is 336 Å². The molecule has 19 heteroatoms. The number of aliphatic hydroxyl groups is 1. The second-order valence-electron chi connectivity index (χ2n) is 27.2. The van der Waals surface area contributed by atoms with Crippen LogP contribution in [-0.4, -0.2) is 96.7 Å². The van der Waals surface area contributed by atoms with E-state index in [0.29, 0.717) is 25.7 Å². The lowest BCUT2D eigenvalue weighted by Crippen LogP contribution is -2.30. The van der Waals surface area contributed by atoms with E-state index in [1.54, 1.807) is 0 Å². The lowest BCUT2D eigenvalue weighted by atomic mass is 10.0. The van der Waals surface area contributed by atoms with Gasteiger partial charge in [-0.3, -0.25) is 37.3 Å². The van der Waals surface area contributed by atoms with Gasteiger partial charge in [0.05, 0.1) is 26.4 Å². The van der Waals surface area contributed by atoms with E-state index in [9.17, 15) is 43.2 Å². The van der Waals surface area contributed by atoms with Gasteiger partial charge < -0.3 is 33.8 Å². The lowest BCUT2D eigenvalue weighted by molar-refractivity contribution is -0.161. The summed E-state index contributed by atoms with van der Waals surface area (Å²) >= 11 is 0. The molecule has 0 saturated heterocycles. The number of ether oxygens (including phenoxy) is 4. The topological polar surface area (TPSA) is 237 Å². The molecule has 0 amide bonds. The highest BCUT2D eigenvalue weighted by Gasteiger charge is 2.30. The summed E-state index contributed by atoms with van der Waals surface area (Å²) in [5, 5.41) is 10.6. The Kier molecular flexibility index (Phi) is 65.9. The highest BCUT2D eigenvalue weighted by molar-refractivity contribution is 7.47. The molecule has 93 heavy (non-hydrogen) atoms. The molecule has 0 aromatic heterocycles. The predicted octanol–water partition coefficient (Wildman–Crippen LogP) is 21.7. The number of hydrogen-bond acceptors (Lipinski definition) is 15. The van der Waals surface area contributed by atoms with Crippen molar-refractivity contribution in [2.75, 3.05) is 39.6 Å². The van der Waals surface area contributed by atoms with E-state index in [-0.39, 0.29) is 25.7 Å². The van der Waals surface area contributed by atoms with Crippen LogP contribution in [0, 0.1) is 5.92 Å². The first kappa shape index (κ1) is 91.1. The Labute approximate surface area is 568 Å². The number of carbonyl (C=O) groups is 4. The Morgan fingerprint density at radius 3 is 0.731 bits per heavy atom. The normalized spacial score (nSPS) is 14.0. The Balaban J connectivity index is 5.13. The quantitative estimate of drug-likeness (QED) is 0.0222. The minimum atomic E-state index is -4.95. The standard InChI is InChI=1S/C74H144O17P2/c1-6-9-12-15-18-20-22-23-24-25-26-27-28-29-30-31-32-34-40-45-50-55-60-74(79)91-70(64-85-72(77)58-53-48-43-38-36-35-37-42-46-51-56-67(4)5)66-89-93(82,83)87-62-68(75)61-86-92(80,81)88-65-69(63-84-71(76)57-52-47-41-17-14-11-8-3)90-73(78)59-54-49-44-39-33-21-19-16-13-10-7-2/h67-70,75H,6-66H2,1-5H3,(H,80,81)(H,82,83)/t68-,69+,70+/m0/s1. The number of phosphoric ester groups is 2. The number of hydrogen-bond donors (Lipinski definition) is 3. The van der Waals surface area contributed by atoms with E-state index in [4.69, 9.17) is 37.0 Å². The Hall–Kier alpha value is -1.94. The molecule has 0 bridgehead atoms. The molecule has 0 fully saturated rings. The van der Waals surface area contributed by atoms with Crippen molar-refractivity contribution >= 4 is 39.5 Å². The van der Waals surface area contributed by atoms with Crippen molar-refractivity contribution in [3.05, 3.63) is 0 Å². The van der Waals surface area contributed by atoms with Gasteiger partial charge in [-0.15, -0.1) is 0 Å². The minimum Gasteiger partial charge on any atom is -0.462 e. The van der Waals surface area contributed by atoms with Crippen LogP contribution in [0.5, 0.6) is 0 Å². The van der Waals surface area contributed by atoms with Crippen LogP contribution >= 0.6 is 15.6 Å². The average molecular weight is 1370 g/mol. The summed E-state index contributed by atoms with van der Waals surface area (Å²) in [6.45, 7) is 7.22. The van der Waals surface area contributed by atoms with Crippen LogP contribution < -0.4 is 0 Å². The molecule has 3 N–H and O–H groups in total. The molecule has 0 aromatic carbocycles. The molecule has 0 spiro atoms. The van der Waals surface area contributed by atoms with Crippen LogP contribution in [0.1, 0.15) is 388 Å². The van der Waals surface area contributed by atoms with E-state index in [0.717, 1.165) is 109 Å². The Bertz CT molecular complexity index is 1790. The first-order valence-corrected chi connectivity index (χ1v) is 41.6. The smallest absolute Gasteiger partial charge is 0.462 e. The zero-order valence-corrected chi connectivity index (χ0v) is 62.2. The summed E-state index contributed by atoms with van der Waals surface area (Å²) in [6.07, 6.45) is 55.8.